The van der Waals surface area contributed by atoms with E-state index in [1.807, 2.05) is 12.1 Å². The van der Waals surface area contributed by atoms with Crippen LogP contribution in [0.2, 0.25) is 0 Å². The molecule has 0 spiro atoms. The second-order valence-corrected chi connectivity index (χ2v) is 4.19. The van der Waals surface area contributed by atoms with E-state index in [9.17, 15) is 4.79 Å². The Balaban J connectivity index is 2.47. The van der Waals surface area contributed by atoms with Gasteiger partial charge in [-0.1, -0.05) is 30.2 Å². The predicted octanol–water partition coefficient (Wildman–Crippen LogP) is 3.01. The zero-order valence-electron chi connectivity index (χ0n) is 10.7. The van der Waals surface area contributed by atoms with Crippen molar-refractivity contribution in [1.82, 2.24) is 0 Å². The highest BCUT2D eigenvalue weighted by Gasteiger charge is 2.22. The summed E-state index contributed by atoms with van der Waals surface area (Å²) in [5.41, 5.74) is 10.2. The third-order valence-electron chi connectivity index (χ3n) is 2.92. The Labute approximate surface area is 110 Å². The Bertz CT molecular complexity index is 589. The van der Waals surface area contributed by atoms with Crippen molar-refractivity contribution in [3.63, 3.8) is 0 Å². The summed E-state index contributed by atoms with van der Waals surface area (Å²) in [4.78, 5) is 14.1. The first-order valence-electron chi connectivity index (χ1n) is 5.78. The molecule has 0 fully saturated rings. The third-order valence-corrected chi connectivity index (χ3v) is 2.92. The molecule has 19 heavy (non-hydrogen) atoms. The molecule has 0 unspecified atom stereocenters. The Morgan fingerprint density at radius 1 is 1.63 bits per heavy atom. The summed E-state index contributed by atoms with van der Waals surface area (Å²) < 4.78 is 10.2. The lowest BCUT2D eigenvalue weighted by Gasteiger charge is -2.05. The maximum absolute atomic E-state index is 11.5. The molecule has 1 heterocycles. The average molecular weight is 259 g/mol. The SMILES string of the molecule is COC(=O)/C(=C/c1cccc2c1OC[C@H]2C)N=[N+]=[N-]. The number of methoxy groups -OCH3 is 1. The van der Waals surface area contributed by atoms with Crippen LogP contribution < -0.4 is 4.74 Å². The quantitative estimate of drug-likeness (QED) is 0.275. The lowest BCUT2D eigenvalue weighted by atomic mass is 10.0. The number of benzene rings is 1. The molecule has 2 rings (SSSR count). The molecule has 0 aromatic heterocycles. The number of esters is 1. The van der Waals surface area contributed by atoms with Gasteiger partial charge in [-0.25, -0.2) is 4.79 Å². The summed E-state index contributed by atoms with van der Waals surface area (Å²) in [5, 5.41) is 3.35. The van der Waals surface area contributed by atoms with Crippen LogP contribution in [0, 0.1) is 0 Å². The normalized spacial score (nSPS) is 17.2. The molecular formula is C13H13N3O3. The van der Waals surface area contributed by atoms with Gasteiger partial charge in [0.15, 0.2) is 0 Å². The summed E-state index contributed by atoms with van der Waals surface area (Å²) in [6.45, 7) is 2.67. The summed E-state index contributed by atoms with van der Waals surface area (Å²) >= 11 is 0. The van der Waals surface area contributed by atoms with E-state index in [2.05, 4.69) is 21.7 Å². The molecule has 0 saturated carbocycles. The van der Waals surface area contributed by atoms with Crippen molar-refractivity contribution in [2.75, 3.05) is 13.7 Å². The van der Waals surface area contributed by atoms with Crippen LogP contribution in [0.1, 0.15) is 24.0 Å². The lowest BCUT2D eigenvalue weighted by molar-refractivity contribution is -0.136. The van der Waals surface area contributed by atoms with Gasteiger partial charge in [0.05, 0.1) is 13.7 Å². The molecule has 0 bridgehead atoms. The van der Waals surface area contributed by atoms with Crippen LogP contribution in [0.5, 0.6) is 5.75 Å². The number of hydrogen-bond acceptors (Lipinski definition) is 4. The summed E-state index contributed by atoms with van der Waals surface area (Å²) in [5.74, 6) is 0.357. The molecule has 98 valence electrons. The van der Waals surface area contributed by atoms with E-state index in [1.54, 1.807) is 6.07 Å². The minimum atomic E-state index is -0.679. The minimum absolute atomic E-state index is 0.0958. The van der Waals surface area contributed by atoms with Gasteiger partial charge in [-0.15, -0.1) is 0 Å². The van der Waals surface area contributed by atoms with E-state index in [1.165, 1.54) is 13.2 Å². The van der Waals surface area contributed by atoms with Crippen LogP contribution in [0.15, 0.2) is 29.0 Å². The molecule has 0 aliphatic carbocycles. The lowest BCUT2D eigenvalue weighted by Crippen LogP contribution is -2.02. The second kappa shape index (κ2) is 5.46. The molecule has 1 aromatic carbocycles. The monoisotopic (exact) mass is 259 g/mol. The highest BCUT2D eigenvalue weighted by Crippen LogP contribution is 2.37. The fourth-order valence-electron chi connectivity index (χ4n) is 1.97. The smallest absolute Gasteiger partial charge is 0.340 e. The van der Waals surface area contributed by atoms with Crippen LogP contribution in [0.25, 0.3) is 16.5 Å². The maximum atomic E-state index is 11.5. The van der Waals surface area contributed by atoms with Crippen molar-refractivity contribution in [2.45, 2.75) is 12.8 Å². The van der Waals surface area contributed by atoms with Gasteiger partial charge in [-0.3, -0.25) is 0 Å². The number of ether oxygens (including phenoxy) is 2. The first-order valence-corrected chi connectivity index (χ1v) is 5.78. The molecular weight excluding hydrogens is 246 g/mol. The summed E-state index contributed by atoms with van der Waals surface area (Å²) in [6, 6.07) is 5.66. The van der Waals surface area contributed by atoms with Crippen LogP contribution >= 0.6 is 0 Å². The topological polar surface area (TPSA) is 84.3 Å². The van der Waals surface area contributed by atoms with Crippen LogP contribution in [-0.4, -0.2) is 19.7 Å². The number of fused-ring (bicyclic) bond motifs is 1. The highest BCUT2D eigenvalue weighted by atomic mass is 16.5. The number of azide groups is 1. The Kier molecular flexibility index (Phi) is 3.73. The first-order chi connectivity index (χ1) is 9.17. The largest absolute Gasteiger partial charge is 0.492 e. The number of nitrogens with zero attached hydrogens (tertiary/aromatic N) is 3. The van der Waals surface area contributed by atoms with Gasteiger partial charge >= 0.3 is 5.97 Å². The van der Waals surface area contributed by atoms with Gasteiger partial charge in [0.25, 0.3) is 0 Å². The molecule has 6 nitrogen and oxygen atoms in total. The van der Waals surface area contributed by atoms with Crippen molar-refractivity contribution in [2.24, 2.45) is 5.11 Å². The number of para-hydroxylation sites is 1. The van der Waals surface area contributed by atoms with E-state index >= 15 is 0 Å². The summed E-state index contributed by atoms with van der Waals surface area (Å²) in [6.07, 6.45) is 1.47. The number of carbonyl (C=O) groups is 1. The fourth-order valence-corrected chi connectivity index (χ4v) is 1.97. The van der Waals surface area contributed by atoms with Gasteiger partial charge in [0.2, 0.25) is 0 Å². The standard InChI is InChI=1S/C13H13N3O3/c1-8-7-19-12-9(4-3-5-10(8)12)6-11(15-16-14)13(17)18-2/h3-6,8H,7H2,1-2H3/b11-6-/t8-/m1/s1. The zero-order chi connectivity index (χ0) is 13.8. The van der Waals surface area contributed by atoms with E-state index in [4.69, 9.17) is 10.3 Å². The Morgan fingerprint density at radius 3 is 3.11 bits per heavy atom. The number of carbonyl (C=O) groups excluding carboxylic acids is 1. The Hall–Kier alpha value is -2.46. The molecule has 0 amide bonds. The molecule has 6 heteroatoms. The maximum Gasteiger partial charge on any atom is 0.340 e. The van der Waals surface area contributed by atoms with Gasteiger partial charge in [0.1, 0.15) is 11.4 Å². The van der Waals surface area contributed by atoms with E-state index < -0.39 is 5.97 Å². The Morgan fingerprint density at radius 2 is 2.42 bits per heavy atom. The van der Waals surface area contributed by atoms with Crippen LogP contribution in [0.3, 0.4) is 0 Å². The van der Waals surface area contributed by atoms with Crippen LogP contribution in [-0.2, 0) is 9.53 Å². The molecule has 1 aromatic rings. The number of hydrogen-bond donors (Lipinski definition) is 0. The van der Waals surface area contributed by atoms with Crippen LogP contribution in [0.4, 0.5) is 0 Å². The third kappa shape index (κ3) is 2.53. The van der Waals surface area contributed by atoms with Gasteiger partial charge in [0, 0.05) is 22.0 Å². The van der Waals surface area contributed by atoms with E-state index in [-0.39, 0.29) is 5.70 Å². The minimum Gasteiger partial charge on any atom is -0.492 e. The van der Waals surface area contributed by atoms with Gasteiger partial charge < -0.3 is 9.47 Å². The van der Waals surface area contributed by atoms with E-state index in [0.29, 0.717) is 18.1 Å². The molecule has 1 aliphatic heterocycles. The van der Waals surface area contributed by atoms with Crippen molar-refractivity contribution in [3.8, 4) is 5.75 Å². The van der Waals surface area contributed by atoms with Crippen molar-refractivity contribution in [3.05, 3.63) is 45.5 Å². The van der Waals surface area contributed by atoms with Crippen molar-refractivity contribution >= 4 is 12.0 Å². The average Bonchev–Trinajstić information content (AvgIpc) is 2.80. The zero-order valence-corrected chi connectivity index (χ0v) is 10.7. The molecule has 0 N–H and O–H groups in total. The second-order valence-electron chi connectivity index (χ2n) is 4.19. The molecule has 0 radical (unpaired) electrons. The van der Waals surface area contributed by atoms with Gasteiger partial charge in [-0.05, 0) is 11.6 Å². The first kappa shape index (κ1) is 13.0. The highest BCUT2D eigenvalue weighted by molar-refractivity contribution is 5.93. The predicted molar refractivity (Wildman–Crippen MR) is 69.5 cm³/mol. The fraction of sp³-hybridized carbons (Fsp3) is 0.308. The van der Waals surface area contributed by atoms with Crippen molar-refractivity contribution < 1.29 is 14.3 Å². The molecule has 0 saturated heterocycles. The van der Waals surface area contributed by atoms with E-state index in [0.717, 1.165) is 11.3 Å². The summed E-state index contributed by atoms with van der Waals surface area (Å²) in [7, 11) is 1.23. The van der Waals surface area contributed by atoms with Crippen molar-refractivity contribution in [1.29, 1.82) is 0 Å². The number of rotatable bonds is 3. The molecule has 1 atom stereocenters. The van der Waals surface area contributed by atoms with Gasteiger partial charge in [-0.2, -0.15) is 0 Å². The molecule has 1 aliphatic rings.